The first kappa shape index (κ1) is 22.2. The molecule has 1 aliphatic heterocycles. The van der Waals surface area contributed by atoms with E-state index in [1.54, 1.807) is 7.11 Å². The van der Waals surface area contributed by atoms with Gasteiger partial charge in [-0.05, 0) is 66.4 Å². The lowest BCUT2D eigenvalue weighted by atomic mass is 9.99. The van der Waals surface area contributed by atoms with Crippen molar-refractivity contribution in [2.45, 2.75) is 32.9 Å². The molecule has 0 aliphatic carbocycles. The number of hydrogen-bond donors (Lipinski definition) is 0. The third-order valence-electron chi connectivity index (χ3n) is 6.36. The molecule has 174 valence electrons. The monoisotopic (exact) mass is 454 g/mol. The molecule has 0 saturated heterocycles. The minimum Gasteiger partial charge on any atom is -0.497 e. The summed E-state index contributed by atoms with van der Waals surface area (Å²) in [4.78, 5) is 7.16. The Labute approximate surface area is 201 Å². The van der Waals surface area contributed by atoms with Crippen molar-refractivity contribution in [1.29, 1.82) is 0 Å². The number of fused-ring (bicyclic) bond motifs is 1. The Balaban J connectivity index is 1.18. The van der Waals surface area contributed by atoms with Crippen molar-refractivity contribution in [3.63, 3.8) is 0 Å². The molecule has 0 N–H and O–H groups in total. The predicted octanol–water partition coefficient (Wildman–Crippen LogP) is 5.84. The van der Waals surface area contributed by atoms with Gasteiger partial charge in [-0.25, -0.2) is 4.98 Å². The van der Waals surface area contributed by atoms with Crippen molar-refractivity contribution < 1.29 is 13.9 Å². The van der Waals surface area contributed by atoms with Crippen molar-refractivity contribution in [3.8, 4) is 23.0 Å². The molecule has 0 unspecified atom stereocenters. The number of aromatic nitrogens is 1. The molecule has 5 heteroatoms. The maximum Gasteiger partial charge on any atom is 0.226 e. The Kier molecular flexibility index (Phi) is 6.63. The van der Waals surface area contributed by atoms with Crippen LogP contribution >= 0.6 is 0 Å². The zero-order chi connectivity index (χ0) is 23.3. The minimum absolute atomic E-state index is 0.565. The van der Waals surface area contributed by atoms with E-state index in [1.807, 2.05) is 49.4 Å². The molecular formula is C29H30N2O3. The van der Waals surface area contributed by atoms with E-state index in [-0.39, 0.29) is 0 Å². The number of hydrogen-bond acceptors (Lipinski definition) is 5. The van der Waals surface area contributed by atoms with E-state index >= 15 is 0 Å². The summed E-state index contributed by atoms with van der Waals surface area (Å²) in [5.74, 6) is 3.32. The summed E-state index contributed by atoms with van der Waals surface area (Å²) >= 11 is 0. The van der Waals surface area contributed by atoms with Crippen LogP contribution in [0.4, 0.5) is 0 Å². The fraction of sp³-hybridized carbons (Fsp3) is 0.276. The maximum atomic E-state index is 6.11. The number of ether oxygens (including phenoxy) is 2. The first-order chi connectivity index (χ1) is 16.7. The fourth-order valence-corrected chi connectivity index (χ4v) is 4.44. The molecule has 0 fully saturated rings. The zero-order valence-corrected chi connectivity index (χ0v) is 19.8. The van der Waals surface area contributed by atoms with Crippen LogP contribution in [-0.2, 0) is 25.9 Å². The molecule has 0 bridgehead atoms. The maximum absolute atomic E-state index is 6.11. The number of oxazole rings is 1. The van der Waals surface area contributed by atoms with Crippen LogP contribution in [0.3, 0.4) is 0 Å². The summed E-state index contributed by atoms with van der Waals surface area (Å²) in [5.41, 5.74) is 6.00. The highest BCUT2D eigenvalue weighted by Crippen LogP contribution is 2.26. The third kappa shape index (κ3) is 5.15. The van der Waals surface area contributed by atoms with E-state index in [0.29, 0.717) is 18.9 Å². The molecule has 5 nitrogen and oxygen atoms in total. The molecule has 4 aromatic rings. The Morgan fingerprint density at radius 2 is 1.74 bits per heavy atom. The molecule has 1 aliphatic rings. The van der Waals surface area contributed by atoms with E-state index in [1.165, 1.54) is 16.7 Å². The number of aryl methyl sites for hydroxylation is 1. The summed E-state index contributed by atoms with van der Waals surface area (Å²) < 4.78 is 17.3. The topological polar surface area (TPSA) is 47.7 Å². The average Bonchev–Trinajstić information content (AvgIpc) is 3.25. The van der Waals surface area contributed by atoms with Gasteiger partial charge in [0.05, 0.1) is 19.4 Å². The highest BCUT2D eigenvalue weighted by Gasteiger charge is 2.17. The van der Waals surface area contributed by atoms with Crippen molar-refractivity contribution in [3.05, 3.63) is 101 Å². The molecule has 0 saturated carbocycles. The largest absolute Gasteiger partial charge is 0.497 e. The van der Waals surface area contributed by atoms with Gasteiger partial charge < -0.3 is 13.9 Å². The van der Waals surface area contributed by atoms with Crippen LogP contribution in [0, 0.1) is 6.92 Å². The van der Waals surface area contributed by atoms with Crippen LogP contribution in [0.25, 0.3) is 11.5 Å². The van der Waals surface area contributed by atoms with Crippen LogP contribution in [0.1, 0.15) is 28.1 Å². The van der Waals surface area contributed by atoms with Crippen molar-refractivity contribution in [1.82, 2.24) is 9.88 Å². The van der Waals surface area contributed by atoms with Crippen LogP contribution in [0.2, 0.25) is 0 Å². The van der Waals surface area contributed by atoms with Gasteiger partial charge in [0.15, 0.2) is 0 Å². The van der Waals surface area contributed by atoms with Crippen LogP contribution in [0.15, 0.2) is 77.2 Å². The lowest BCUT2D eigenvalue weighted by Gasteiger charge is -2.29. The van der Waals surface area contributed by atoms with Crippen LogP contribution in [0.5, 0.6) is 11.5 Å². The summed E-state index contributed by atoms with van der Waals surface area (Å²) in [6, 6.07) is 24.8. The smallest absolute Gasteiger partial charge is 0.226 e. The van der Waals surface area contributed by atoms with Gasteiger partial charge in [-0.3, -0.25) is 4.90 Å². The van der Waals surface area contributed by atoms with Crippen molar-refractivity contribution in [2.75, 3.05) is 20.3 Å². The van der Waals surface area contributed by atoms with Gasteiger partial charge in [-0.15, -0.1) is 0 Å². The first-order valence-electron chi connectivity index (χ1n) is 11.8. The molecule has 0 spiro atoms. The number of rotatable bonds is 8. The van der Waals surface area contributed by atoms with Crippen LogP contribution in [-0.4, -0.2) is 30.1 Å². The van der Waals surface area contributed by atoms with E-state index in [0.717, 1.165) is 54.6 Å². The fourth-order valence-electron chi connectivity index (χ4n) is 4.44. The molecule has 1 aromatic heterocycles. The van der Waals surface area contributed by atoms with Gasteiger partial charge in [-0.1, -0.05) is 36.4 Å². The lowest BCUT2D eigenvalue weighted by molar-refractivity contribution is 0.244. The summed E-state index contributed by atoms with van der Waals surface area (Å²) in [6.07, 6.45) is 1.77. The Bertz CT molecular complexity index is 1230. The van der Waals surface area contributed by atoms with Gasteiger partial charge in [-0.2, -0.15) is 0 Å². The minimum atomic E-state index is 0.565. The van der Waals surface area contributed by atoms with Crippen LogP contribution < -0.4 is 9.47 Å². The second kappa shape index (κ2) is 10.1. The normalized spacial score (nSPS) is 13.5. The van der Waals surface area contributed by atoms with E-state index in [2.05, 4.69) is 40.2 Å². The second-order valence-corrected chi connectivity index (χ2v) is 8.73. The van der Waals surface area contributed by atoms with Gasteiger partial charge in [0.25, 0.3) is 0 Å². The lowest BCUT2D eigenvalue weighted by Crippen LogP contribution is -2.30. The second-order valence-electron chi connectivity index (χ2n) is 8.73. The molecule has 34 heavy (non-hydrogen) atoms. The predicted molar refractivity (Wildman–Crippen MR) is 133 cm³/mol. The standard InChI is InChI=1S/C29H30N2O3/c1-21-28(30-29(34-21)24-6-4-3-5-7-24)15-17-33-27-13-10-23-14-16-31(20-25(23)18-27)19-22-8-11-26(32-2)12-9-22/h3-13,18H,14-17,19-20H2,1-2H3. The number of methoxy groups -OCH3 is 1. The molecular weight excluding hydrogens is 424 g/mol. The third-order valence-corrected chi connectivity index (χ3v) is 6.36. The summed E-state index contributed by atoms with van der Waals surface area (Å²) in [7, 11) is 1.70. The average molecular weight is 455 g/mol. The first-order valence-corrected chi connectivity index (χ1v) is 11.8. The molecule has 3 aromatic carbocycles. The van der Waals surface area contributed by atoms with Gasteiger partial charge in [0, 0.05) is 31.6 Å². The van der Waals surface area contributed by atoms with E-state index in [4.69, 9.17) is 13.9 Å². The van der Waals surface area contributed by atoms with Gasteiger partial charge >= 0.3 is 0 Å². The molecule has 0 amide bonds. The number of nitrogens with zero attached hydrogens (tertiary/aromatic N) is 2. The molecule has 0 atom stereocenters. The van der Waals surface area contributed by atoms with E-state index < -0.39 is 0 Å². The molecule has 2 heterocycles. The number of benzene rings is 3. The summed E-state index contributed by atoms with van der Waals surface area (Å²) in [6.45, 7) is 5.46. The van der Waals surface area contributed by atoms with E-state index in [9.17, 15) is 0 Å². The Hall–Kier alpha value is -3.57. The van der Waals surface area contributed by atoms with Gasteiger partial charge in [0.2, 0.25) is 5.89 Å². The Morgan fingerprint density at radius 3 is 2.53 bits per heavy atom. The van der Waals surface area contributed by atoms with Gasteiger partial charge in [0.1, 0.15) is 17.3 Å². The Morgan fingerprint density at radius 1 is 0.941 bits per heavy atom. The zero-order valence-electron chi connectivity index (χ0n) is 19.8. The van der Waals surface area contributed by atoms with Crippen molar-refractivity contribution >= 4 is 0 Å². The van der Waals surface area contributed by atoms with Crippen molar-refractivity contribution in [2.24, 2.45) is 0 Å². The molecule has 0 radical (unpaired) electrons. The highest BCUT2D eigenvalue weighted by molar-refractivity contribution is 5.53. The molecule has 5 rings (SSSR count). The SMILES string of the molecule is COc1ccc(CN2CCc3ccc(OCCc4nc(-c5ccccc5)oc4C)cc3C2)cc1. The highest BCUT2D eigenvalue weighted by atomic mass is 16.5. The summed E-state index contributed by atoms with van der Waals surface area (Å²) in [5, 5.41) is 0. The quantitative estimate of drug-likeness (QED) is 0.335.